The quantitative estimate of drug-likeness (QED) is 0.418. The summed E-state index contributed by atoms with van der Waals surface area (Å²) in [5.41, 5.74) is 0.297. The van der Waals surface area contributed by atoms with E-state index in [9.17, 15) is 22.0 Å². The second-order valence-corrected chi connectivity index (χ2v) is 12.5. The number of sulfone groups is 1. The van der Waals surface area contributed by atoms with Gasteiger partial charge in [-0.3, -0.25) is 10.1 Å². The van der Waals surface area contributed by atoms with Gasteiger partial charge < -0.3 is 19.7 Å². The number of nitrogens with one attached hydrogen (secondary N) is 2. The molecule has 39 heavy (non-hydrogen) atoms. The van der Waals surface area contributed by atoms with Gasteiger partial charge in [-0.15, -0.1) is 0 Å². The third-order valence-electron chi connectivity index (χ3n) is 6.66. The van der Waals surface area contributed by atoms with E-state index in [1.807, 2.05) is 0 Å². The zero-order chi connectivity index (χ0) is 27.4. The number of hydrogen-bond donors (Lipinski definition) is 2. The maximum absolute atomic E-state index is 14.4. The molecule has 2 saturated heterocycles. The van der Waals surface area contributed by atoms with Crippen molar-refractivity contribution in [2.45, 2.75) is 29.1 Å². The average Bonchev–Trinajstić information content (AvgIpc) is 3.42. The summed E-state index contributed by atoms with van der Waals surface area (Å²) in [7, 11) is -3.56. The highest BCUT2D eigenvalue weighted by Crippen LogP contribution is 2.31. The first-order valence-electron chi connectivity index (χ1n) is 12.6. The van der Waals surface area contributed by atoms with E-state index < -0.39 is 38.7 Å². The Bertz CT molecular complexity index is 1410. The van der Waals surface area contributed by atoms with Gasteiger partial charge in [-0.25, -0.2) is 22.2 Å². The molecule has 0 aliphatic carbocycles. The summed E-state index contributed by atoms with van der Waals surface area (Å²) in [5.74, 6) is -2.72. The molecule has 3 heterocycles. The molecule has 0 spiro atoms. The van der Waals surface area contributed by atoms with Crippen LogP contribution in [0, 0.1) is 11.6 Å². The van der Waals surface area contributed by atoms with Crippen LogP contribution in [0.1, 0.15) is 24.5 Å². The number of ether oxygens (including phenoxy) is 2. The Hall–Kier alpha value is -3.13. The number of morpholine rings is 1. The molecule has 9 nitrogen and oxygen atoms in total. The number of piperidine rings is 1. The van der Waals surface area contributed by atoms with Crippen molar-refractivity contribution in [2.24, 2.45) is 0 Å². The Labute approximate surface area is 229 Å². The summed E-state index contributed by atoms with van der Waals surface area (Å²) in [6, 6.07) is 8.59. The fourth-order valence-electron chi connectivity index (χ4n) is 4.53. The van der Waals surface area contributed by atoms with Crippen molar-refractivity contribution in [3.05, 3.63) is 65.9 Å². The Morgan fingerprint density at radius 1 is 1.13 bits per heavy atom. The summed E-state index contributed by atoms with van der Waals surface area (Å²) in [5, 5.41) is 6.56. The number of hydrogen-bond acceptors (Lipinski definition) is 9. The van der Waals surface area contributed by atoms with Crippen LogP contribution in [0.5, 0.6) is 5.75 Å². The molecule has 2 aliphatic rings. The standard InChI is InChI=1S/C26H28F2N4O5S2/c27-18-3-6-22(21(28)15-18)37-24(25(33)31-26-30-16-23(38-26)32-11-13-36-14-12-32)17-1-4-19(5-2-17)39(34,35)20-7-9-29-10-8-20/h1-6,15-16,20,24,29H,7-14H2,(H,30,31,33). The van der Waals surface area contributed by atoms with Gasteiger partial charge in [-0.1, -0.05) is 23.5 Å². The van der Waals surface area contributed by atoms with Crippen LogP contribution in [0.4, 0.5) is 18.9 Å². The van der Waals surface area contributed by atoms with Crippen molar-refractivity contribution < 1.29 is 31.5 Å². The molecule has 0 radical (unpaired) electrons. The van der Waals surface area contributed by atoms with Gasteiger partial charge >= 0.3 is 0 Å². The number of aromatic nitrogens is 1. The smallest absolute Gasteiger partial charge is 0.271 e. The Morgan fingerprint density at radius 2 is 1.85 bits per heavy atom. The van der Waals surface area contributed by atoms with Gasteiger partial charge in [-0.2, -0.15) is 0 Å². The van der Waals surface area contributed by atoms with Crippen LogP contribution in [0.25, 0.3) is 0 Å². The van der Waals surface area contributed by atoms with Crippen molar-refractivity contribution in [1.82, 2.24) is 10.3 Å². The van der Waals surface area contributed by atoms with E-state index in [4.69, 9.17) is 9.47 Å². The predicted molar refractivity (Wildman–Crippen MR) is 143 cm³/mol. The molecule has 5 rings (SSSR count). The van der Waals surface area contributed by atoms with Crippen LogP contribution >= 0.6 is 11.3 Å². The number of nitrogens with zero attached hydrogens (tertiary/aromatic N) is 2. The molecule has 0 saturated carbocycles. The molecule has 1 unspecified atom stereocenters. The van der Waals surface area contributed by atoms with Gasteiger partial charge in [-0.05, 0) is 50.2 Å². The van der Waals surface area contributed by atoms with Crippen molar-refractivity contribution >= 4 is 37.2 Å². The number of anilines is 2. The zero-order valence-electron chi connectivity index (χ0n) is 20.9. The first kappa shape index (κ1) is 27.4. The van der Waals surface area contributed by atoms with E-state index in [0.717, 1.165) is 17.1 Å². The van der Waals surface area contributed by atoms with E-state index in [2.05, 4.69) is 20.5 Å². The summed E-state index contributed by atoms with van der Waals surface area (Å²) in [6.07, 6.45) is 1.32. The predicted octanol–water partition coefficient (Wildman–Crippen LogP) is 3.54. The van der Waals surface area contributed by atoms with E-state index in [1.165, 1.54) is 35.6 Å². The monoisotopic (exact) mass is 578 g/mol. The van der Waals surface area contributed by atoms with Crippen LogP contribution < -0.4 is 20.3 Å². The second kappa shape index (κ2) is 11.9. The molecule has 1 atom stereocenters. The number of thiazole rings is 1. The van der Waals surface area contributed by atoms with E-state index >= 15 is 0 Å². The second-order valence-electron chi connectivity index (χ2n) is 9.23. The van der Waals surface area contributed by atoms with Gasteiger partial charge in [0, 0.05) is 24.7 Å². The number of rotatable bonds is 8. The number of carbonyl (C=O) groups excluding carboxylic acids is 1. The van der Waals surface area contributed by atoms with Crippen LogP contribution in [0.15, 0.2) is 53.6 Å². The highest BCUT2D eigenvalue weighted by molar-refractivity contribution is 7.92. The summed E-state index contributed by atoms with van der Waals surface area (Å²) in [6.45, 7) is 3.87. The maximum Gasteiger partial charge on any atom is 0.271 e. The molecule has 1 amide bonds. The van der Waals surface area contributed by atoms with Crippen molar-refractivity contribution in [1.29, 1.82) is 0 Å². The number of carbonyl (C=O) groups is 1. The van der Waals surface area contributed by atoms with Crippen molar-refractivity contribution in [2.75, 3.05) is 49.6 Å². The lowest BCUT2D eigenvalue weighted by Gasteiger charge is -2.26. The van der Waals surface area contributed by atoms with Crippen molar-refractivity contribution in [3.63, 3.8) is 0 Å². The van der Waals surface area contributed by atoms with Crippen LogP contribution in [0.3, 0.4) is 0 Å². The zero-order valence-corrected chi connectivity index (χ0v) is 22.6. The van der Waals surface area contributed by atoms with Gasteiger partial charge in [0.25, 0.3) is 5.91 Å². The van der Waals surface area contributed by atoms with Gasteiger partial charge in [0.1, 0.15) is 10.8 Å². The molecule has 13 heteroatoms. The minimum atomic E-state index is -3.56. The fraction of sp³-hybridized carbons (Fsp3) is 0.385. The Kier molecular flexibility index (Phi) is 8.40. The highest BCUT2D eigenvalue weighted by Gasteiger charge is 2.30. The molecule has 208 valence electrons. The molecular formula is C26H28F2N4O5S2. The molecule has 2 fully saturated rings. The van der Waals surface area contributed by atoms with E-state index in [1.54, 1.807) is 6.20 Å². The lowest BCUT2D eigenvalue weighted by molar-refractivity contribution is -0.123. The summed E-state index contributed by atoms with van der Waals surface area (Å²) >= 11 is 1.28. The van der Waals surface area contributed by atoms with Crippen LogP contribution in [-0.4, -0.2) is 64.0 Å². The third-order valence-corrected chi connectivity index (χ3v) is 9.91. The molecule has 2 N–H and O–H groups in total. The molecule has 2 aliphatic heterocycles. The largest absolute Gasteiger partial charge is 0.473 e. The fourth-order valence-corrected chi connectivity index (χ4v) is 7.15. The Morgan fingerprint density at radius 3 is 2.54 bits per heavy atom. The highest BCUT2D eigenvalue weighted by atomic mass is 32.2. The molecule has 3 aromatic rings. The lowest BCUT2D eigenvalue weighted by Crippen LogP contribution is -2.35. The molecule has 0 bridgehead atoms. The third kappa shape index (κ3) is 6.38. The van der Waals surface area contributed by atoms with Gasteiger partial charge in [0.15, 0.2) is 26.5 Å². The maximum atomic E-state index is 14.4. The topological polar surface area (TPSA) is 110 Å². The molecule has 1 aromatic heterocycles. The SMILES string of the molecule is O=C(Nc1ncc(N2CCOCC2)s1)C(Oc1ccc(F)cc1F)c1ccc(S(=O)(=O)C2CCNCC2)cc1. The van der Waals surface area contributed by atoms with Crippen LogP contribution in [0.2, 0.25) is 0 Å². The van der Waals surface area contributed by atoms with E-state index in [-0.39, 0.29) is 10.6 Å². The number of halogens is 2. The summed E-state index contributed by atoms with van der Waals surface area (Å²) in [4.78, 5) is 19.9. The average molecular weight is 579 g/mol. The molecule has 2 aromatic carbocycles. The number of amides is 1. The van der Waals surface area contributed by atoms with Crippen LogP contribution in [-0.2, 0) is 19.4 Å². The first-order chi connectivity index (χ1) is 18.8. The van der Waals surface area contributed by atoms with Gasteiger partial charge in [0.05, 0.1) is 29.6 Å². The van der Waals surface area contributed by atoms with E-state index in [0.29, 0.717) is 69.0 Å². The lowest BCUT2D eigenvalue weighted by atomic mass is 10.1. The summed E-state index contributed by atoms with van der Waals surface area (Å²) < 4.78 is 65.2. The number of benzene rings is 2. The minimum Gasteiger partial charge on any atom is -0.473 e. The Balaban J connectivity index is 1.39. The van der Waals surface area contributed by atoms with Gasteiger partial charge in [0.2, 0.25) is 6.10 Å². The minimum absolute atomic E-state index is 0.139. The van der Waals surface area contributed by atoms with Crippen molar-refractivity contribution in [3.8, 4) is 5.75 Å². The first-order valence-corrected chi connectivity index (χ1v) is 14.9. The molecular weight excluding hydrogens is 550 g/mol. The normalized spacial score (nSPS) is 17.5.